The van der Waals surface area contributed by atoms with E-state index in [0.29, 0.717) is 36.7 Å². The highest BCUT2D eigenvalue weighted by atomic mass is 32.2. The fourth-order valence-electron chi connectivity index (χ4n) is 9.95. The summed E-state index contributed by atoms with van der Waals surface area (Å²) in [6.45, 7) is 11.3. The molecule has 3 aromatic rings. The van der Waals surface area contributed by atoms with E-state index in [2.05, 4.69) is 64.4 Å². The monoisotopic (exact) mass is 782 g/mol. The number of amides is 2. The van der Waals surface area contributed by atoms with Crippen molar-refractivity contribution in [3.8, 4) is 5.75 Å². The van der Waals surface area contributed by atoms with Crippen molar-refractivity contribution in [2.45, 2.75) is 121 Å². The van der Waals surface area contributed by atoms with Gasteiger partial charge in [0.15, 0.2) is 0 Å². The Labute approximate surface area is 332 Å². The van der Waals surface area contributed by atoms with Gasteiger partial charge < -0.3 is 14.5 Å². The summed E-state index contributed by atoms with van der Waals surface area (Å²) in [6, 6.07) is 12.7. The molecule has 1 saturated heterocycles. The molecule has 1 N–H and O–H groups in total. The molecule has 56 heavy (non-hydrogen) atoms. The molecule has 4 heterocycles. The van der Waals surface area contributed by atoms with Crippen LogP contribution < -0.4 is 14.4 Å². The number of carbonyl (C=O) groups is 2. The van der Waals surface area contributed by atoms with Crippen LogP contribution in [0.25, 0.3) is 11.6 Å². The Kier molecular flexibility index (Phi) is 10.3. The zero-order valence-corrected chi connectivity index (χ0v) is 34.9. The molecule has 4 atom stereocenters. The van der Waals surface area contributed by atoms with Gasteiger partial charge >= 0.3 is 0 Å². The number of ether oxygens (including phenoxy) is 1. The largest absolute Gasteiger partial charge is 0.497 e. The number of rotatable bonds is 8. The highest BCUT2D eigenvalue weighted by Crippen LogP contribution is 2.57. The number of nitrogens with zero attached hydrogens (tertiary/aromatic N) is 5. The molecule has 2 saturated carbocycles. The molecule has 2 unspecified atom stereocenters. The molecule has 0 spiro atoms. The van der Waals surface area contributed by atoms with Crippen molar-refractivity contribution in [3.63, 3.8) is 0 Å². The lowest BCUT2D eigenvalue weighted by Gasteiger charge is -2.42. The van der Waals surface area contributed by atoms with Gasteiger partial charge in [-0.15, -0.1) is 0 Å². The summed E-state index contributed by atoms with van der Waals surface area (Å²) < 4.78 is 36.0. The van der Waals surface area contributed by atoms with E-state index in [1.54, 1.807) is 27.0 Å². The third-order valence-electron chi connectivity index (χ3n) is 13.6. The highest BCUT2D eigenvalue weighted by Gasteiger charge is 2.47. The smallest absolute Gasteiger partial charge is 0.264 e. The molecule has 11 nitrogen and oxygen atoms in total. The Morgan fingerprint density at radius 3 is 2.27 bits per heavy atom. The van der Waals surface area contributed by atoms with E-state index in [-0.39, 0.29) is 36.0 Å². The van der Waals surface area contributed by atoms with Crippen molar-refractivity contribution in [2.75, 3.05) is 38.7 Å². The Morgan fingerprint density at radius 1 is 0.929 bits per heavy atom. The van der Waals surface area contributed by atoms with Crippen molar-refractivity contribution in [2.24, 2.45) is 5.92 Å². The molecule has 1 aromatic heterocycles. The minimum Gasteiger partial charge on any atom is -0.497 e. The lowest BCUT2D eigenvalue weighted by atomic mass is 9.73. The number of benzene rings is 2. The van der Waals surface area contributed by atoms with Gasteiger partial charge in [0.1, 0.15) is 5.75 Å². The van der Waals surface area contributed by atoms with E-state index in [0.717, 1.165) is 66.1 Å². The van der Waals surface area contributed by atoms with Crippen LogP contribution in [0.2, 0.25) is 0 Å². The Bertz CT molecular complexity index is 2150. The number of sulfonamides is 1. The Hall–Kier alpha value is -4.16. The first-order chi connectivity index (χ1) is 26.8. The van der Waals surface area contributed by atoms with Crippen molar-refractivity contribution >= 4 is 39.2 Å². The molecule has 0 bridgehead atoms. The number of likely N-dealkylation sites (N-methyl/N-ethyl adjacent to an activating group) is 1. The van der Waals surface area contributed by atoms with Crippen LogP contribution in [0.5, 0.6) is 5.75 Å². The fourth-order valence-corrected chi connectivity index (χ4v) is 10.6. The zero-order valence-electron chi connectivity index (χ0n) is 34.0. The van der Waals surface area contributed by atoms with Gasteiger partial charge in [0.25, 0.3) is 11.8 Å². The summed E-state index contributed by atoms with van der Waals surface area (Å²) in [5.41, 5.74) is 7.98. The standard InChI is InChI=1S/C44H58N6O5S/c1-26(2)56(53,54)46-43(51)31-16-18-37-38(22-31)49-25-33(20-32-21-35(55-7)17-19-36(32)42(49)40(37)30-12-9-8-10-13-30)41-39(29(5)45-50(41)34-14-11-15-34)44(52)48-23-27(3)47(6)28(4)24-48/h16-22,26-28,30,34,40,42H,8-15,23-25H2,1-7H3,(H,46,51)/t27-,28+,40?,42?. The van der Waals surface area contributed by atoms with Gasteiger partial charge in [-0.1, -0.05) is 31.4 Å². The van der Waals surface area contributed by atoms with Crippen LogP contribution in [0.15, 0.2) is 36.4 Å². The minimum absolute atomic E-state index is 0.0228. The van der Waals surface area contributed by atoms with Gasteiger partial charge in [0.05, 0.1) is 41.4 Å². The van der Waals surface area contributed by atoms with Crippen LogP contribution in [-0.4, -0.2) is 90.9 Å². The number of aryl methyl sites for hydroxylation is 1. The topological polar surface area (TPSA) is 117 Å². The Morgan fingerprint density at radius 2 is 1.62 bits per heavy atom. The van der Waals surface area contributed by atoms with Crippen molar-refractivity contribution in [1.29, 1.82) is 0 Å². The molecule has 12 heteroatoms. The van der Waals surface area contributed by atoms with Gasteiger partial charge in [-0.05, 0) is 132 Å². The van der Waals surface area contributed by atoms with Crippen LogP contribution >= 0.6 is 0 Å². The van der Waals surface area contributed by atoms with Gasteiger partial charge in [0, 0.05) is 48.9 Å². The summed E-state index contributed by atoms with van der Waals surface area (Å²) in [5, 5.41) is 4.42. The molecule has 8 rings (SSSR count). The molecule has 2 aromatic carbocycles. The van der Waals surface area contributed by atoms with E-state index < -0.39 is 21.2 Å². The molecule has 2 aliphatic carbocycles. The van der Waals surface area contributed by atoms with Gasteiger partial charge in [-0.2, -0.15) is 5.10 Å². The minimum atomic E-state index is -3.83. The average molecular weight is 783 g/mol. The summed E-state index contributed by atoms with van der Waals surface area (Å²) in [7, 11) is -0.00207. The van der Waals surface area contributed by atoms with Crippen LogP contribution in [0.4, 0.5) is 5.69 Å². The lowest BCUT2D eigenvalue weighted by molar-refractivity contribution is 0.0413. The zero-order chi connectivity index (χ0) is 39.6. The number of anilines is 1. The molecular weight excluding hydrogens is 725 g/mol. The van der Waals surface area contributed by atoms with Crippen LogP contribution in [0.3, 0.4) is 0 Å². The maximum atomic E-state index is 14.9. The summed E-state index contributed by atoms with van der Waals surface area (Å²) in [6.07, 6.45) is 11.3. The summed E-state index contributed by atoms with van der Waals surface area (Å²) in [5.74, 6) is 0.764. The van der Waals surface area contributed by atoms with Crippen molar-refractivity contribution < 1.29 is 22.7 Å². The molecule has 5 aliphatic rings. The lowest BCUT2D eigenvalue weighted by Crippen LogP contribution is -2.56. The number of hydrogen-bond donors (Lipinski definition) is 1. The number of fused-ring (bicyclic) bond motifs is 5. The average Bonchev–Trinajstić information content (AvgIpc) is 3.59. The number of piperazine rings is 1. The molecular formula is C44H58N6O5S. The fraction of sp³-hybridized carbons (Fsp3) is 0.568. The second-order valence-electron chi connectivity index (χ2n) is 17.4. The molecule has 0 radical (unpaired) electrons. The van der Waals surface area contributed by atoms with Crippen molar-refractivity contribution in [3.05, 3.63) is 75.6 Å². The number of methoxy groups -OCH3 is 1. The molecule has 300 valence electrons. The summed E-state index contributed by atoms with van der Waals surface area (Å²) in [4.78, 5) is 35.4. The van der Waals surface area contributed by atoms with Gasteiger partial charge in [-0.25, -0.2) is 13.1 Å². The molecule has 2 amide bonds. The van der Waals surface area contributed by atoms with E-state index >= 15 is 0 Å². The third kappa shape index (κ3) is 6.74. The number of aromatic nitrogens is 2. The maximum absolute atomic E-state index is 14.9. The van der Waals surface area contributed by atoms with E-state index in [4.69, 9.17) is 9.84 Å². The second kappa shape index (κ2) is 15.0. The van der Waals surface area contributed by atoms with Crippen LogP contribution in [-0.2, 0) is 10.0 Å². The predicted molar refractivity (Wildman–Crippen MR) is 221 cm³/mol. The highest BCUT2D eigenvalue weighted by molar-refractivity contribution is 7.90. The van der Waals surface area contributed by atoms with E-state index in [9.17, 15) is 18.0 Å². The number of hydrogen-bond acceptors (Lipinski definition) is 8. The number of nitrogens with one attached hydrogen (secondary N) is 1. The quantitative estimate of drug-likeness (QED) is 0.253. The maximum Gasteiger partial charge on any atom is 0.264 e. The Balaban J connectivity index is 1.30. The first-order valence-corrected chi connectivity index (χ1v) is 22.3. The van der Waals surface area contributed by atoms with Gasteiger partial charge in [0.2, 0.25) is 10.0 Å². The molecule has 3 fully saturated rings. The second-order valence-corrected chi connectivity index (χ2v) is 19.6. The number of carbonyl (C=O) groups excluding carboxylic acids is 2. The van der Waals surface area contributed by atoms with Crippen LogP contribution in [0.1, 0.15) is 146 Å². The molecule has 3 aliphatic heterocycles. The SMILES string of the molecule is COc1ccc2c(c1)C=C(c1c(C(=O)N3C[C@@H](C)N(C)[C@@H](C)C3)c(C)nn1C1CCC1)CN1c3cc(C(=O)NS(=O)(=O)C(C)C)ccc3C(C3CCCCC3)C21. The van der Waals surface area contributed by atoms with Crippen molar-refractivity contribution in [1.82, 2.24) is 24.3 Å². The first-order valence-electron chi connectivity index (χ1n) is 20.7. The third-order valence-corrected chi connectivity index (χ3v) is 15.3. The van der Waals surface area contributed by atoms with E-state index in [1.165, 1.54) is 30.4 Å². The normalized spacial score (nSPS) is 24.5. The van der Waals surface area contributed by atoms with Gasteiger partial charge in [-0.3, -0.25) is 19.2 Å². The first kappa shape index (κ1) is 38.7. The summed E-state index contributed by atoms with van der Waals surface area (Å²) >= 11 is 0. The van der Waals surface area contributed by atoms with Crippen LogP contribution in [0, 0.1) is 12.8 Å². The predicted octanol–water partition coefficient (Wildman–Crippen LogP) is 7.34. The van der Waals surface area contributed by atoms with E-state index in [1.807, 2.05) is 24.0 Å².